The Bertz CT molecular complexity index is 938. The number of hydrogen-bond acceptors (Lipinski definition) is 4. The lowest BCUT2D eigenvalue weighted by molar-refractivity contribution is -0.119. The molecule has 0 bridgehead atoms. The fourth-order valence-electron chi connectivity index (χ4n) is 2.84. The van der Waals surface area contributed by atoms with E-state index in [-0.39, 0.29) is 19.0 Å². The first-order chi connectivity index (χ1) is 13.6. The van der Waals surface area contributed by atoms with Gasteiger partial charge in [-0.15, -0.1) is 0 Å². The average Bonchev–Trinajstić information content (AvgIpc) is 2.65. The van der Waals surface area contributed by atoms with Crippen molar-refractivity contribution in [2.75, 3.05) is 30.3 Å². The molecule has 7 heteroatoms. The predicted molar refractivity (Wildman–Crippen MR) is 117 cm³/mol. The first-order valence-corrected chi connectivity index (χ1v) is 11.5. The van der Waals surface area contributed by atoms with Crippen molar-refractivity contribution in [2.45, 2.75) is 33.6 Å². The molecule has 0 saturated carbocycles. The van der Waals surface area contributed by atoms with Crippen LogP contribution in [-0.4, -0.2) is 40.3 Å². The third-order valence-corrected chi connectivity index (χ3v) is 5.91. The van der Waals surface area contributed by atoms with Crippen LogP contribution in [0.1, 0.15) is 36.5 Å². The number of carbonyl (C=O) groups is 1. The fraction of sp³-hybridized carbons (Fsp3) is 0.409. The molecular weight excluding hydrogens is 388 g/mol. The van der Waals surface area contributed by atoms with E-state index in [0.29, 0.717) is 18.2 Å². The molecule has 1 amide bonds. The van der Waals surface area contributed by atoms with Crippen LogP contribution in [0, 0.1) is 13.8 Å². The molecule has 6 nitrogen and oxygen atoms in total. The zero-order valence-electron chi connectivity index (χ0n) is 17.7. The zero-order valence-corrected chi connectivity index (χ0v) is 18.5. The van der Waals surface area contributed by atoms with E-state index in [1.807, 2.05) is 44.2 Å². The molecule has 0 spiro atoms. The van der Waals surface area contributed by atoms with Gasteiger partial charge in [0.2, 0.25) is 15.9 Å². The molecule has 2 rings (SSSR count). The van der Waals surface area contributed by atoms with E-state index < -0.39 is 10.0 Å². The van der Waals surface area contributed by atoms with Crippen LogP contribution in [-0.2, 0) is 14.8 Å². The van der Waals surface area contributed by atoms with Crippen LogP contribution in [0.15, 0.2) is 42.5 Å². The maximum absolute atomic E-state index is 12.3. The Hall–Kier alpha value is -2.54. The van der Waals surface area contributed by atoms with Crippen LogP contribution in [0.5, 0.6) is 5.75 Å². The van der Waals surface area contributed by atoms with Gasteiger partial charge in [0.25, 0.3) is 0 Å². The lowest BCUT2D eigenvalue weighted by Gasteiger charge is -2.22. The number of sulfonamides is 1. The van der Waals surface area contributed by atoms with Gasteiger partial charge >= 0.3 is 0 Å². The third-order valence-electron chi connectivity index (χ3n) is 4.77. The number of benzene rings is 2. The van der Waals surface area contributed by atoms with Crippen molar-refractivity contribution in [3.63, 3.8) is 0 Å². The molecule has 0 aliphatic rings. The van der Waals surface area contributed by atoms with Gasteiger partial charge in [0.05, 0.1) is 18.5 Å². The molecule has 2 aromatic rings. The first-order valence-electron chi connectivity index (χ1n) is 9.63. The Labute approximate surface area is 173 Å². The van der Waals surface area contributed by atoms with Crippen molar-refractivity contribution in [3.8, 4) is 5.75 Å². The molecule has 0 saturated heterocycles. The summed E-state index contributed by atoms with van der Waals surface area (Å²) in [6.07, 6.45) is 1.10. The lowest BCUT2D eigenvalue weighted by atomic mass is 10.0. The van der Waals surface area contributed by atoms with E-state index in [2.05, 4.69) is 19.2 Å². The molecule has 0 aromatic heterocycles. The minimum Gasteiger partial charge on any atom is -0.491 e. The number of ether oxygens (including phenoxy) is 1. The van der Waals surface area contributed by atoms with Gasteiger partial charge in [0, 0.05) is 0 Å². The number of carbonyl (C=O) groups excluding carboxylic acids is 1. The van der Waals surface area contributed by atoms with E-state index in [4.69, 9.17) is 4.74 Å². The maximum atomic E-state index is 12.3. The van der Waals surface area contributed by atoms with Crippen molar-refractivity contribution in [2.24, 2.45) is 0 Å². The zero-order chi connectivity index (χ0) is 21.6. The fourth-order valence-corrected chi connectivity index (χ4v) is 3.70. The smallest absolute Gasteiger partial charge is 0.240 e. The van der Waals surface area contributed by atoms with Gasteiger partial charge in [-0.2, -0.15) is 0 Å². The molecule has 0 atom stereocenters. The molecule has 1 N–H and O–H groups in total. The molecular formula is C22H30N2O4S. The topological polar surface area (TPSA) is 75.7 Å². The highest BCUT2D eigenvalue weighted by molar-refractivity contribution is 7.92. The Morgan fingerprint density at radius 1 is 1.10 bits per heavy atom. The van der Waals surface area contributed by atoms with Crippen LogP contribution >= 0.6 is 0 Å². The number of nitrogens with zero attached hydrogens (tertiary/aromatic N) is 1. The van der Waals surface area contributed by atoms with Gasteiger partial charge in [-0.05, 0) is 54.7 Å². The summed E-state index contributed by atoms with van der Waals surface area (Å²) < 4.78 is 31.2. The molecule has 0 fully saturated rings. The SMILES string of the molecule is Cc1cccc(OCCNC(=O)CN(c2ccc(C(C)C)cc2)S(C)(=O)=O)c1C. The van der Waals surface area contributed by atoms with Crippen molar-refractivity contribution in [1.29, 1.82) is 0 Å². The number of rotatable bonds is 9. The monoisotopic (exact) mass is 418 g/mol. The quantitative estimate of drug-likeness (QED) is 0.634. The van der Waals surface area contributed by atoms with Crippen LogP contribution in [0.25, 0.3) is 0 Å². The van der Waals surface area contributed by atoms with Crippen LogP contribution < -0.4 is 14.4 Å². The molecule has 158 valence electrons. The Morgan fingerprint density at radius 2 is 1.76 bits per heavy atom. The van der Waals surface area contributed by atoms with E-state index in [1.165, 1.54) is 0 Å². The van der Waals surface area contributed by atoms with Crippen molar-refractivity contribution in [3.05, 3.63) is 59.2 Å². The highest BCUT2D eigenvalue weighted by Gasteiger charge is 2.20. The first kappa shape index (κ1) is 22.7. The van der Waals surface area contributed by atoms with Gasteiger partial charge < -0.3 is 10.1 Å². The molecule has 0 radical (unpaired) electrons. The molecule has 0 heterocycles. The lowest BCUT2D eigenvalue weighted by Crippen LogP contribution is -2.41. The summed E-state index contributed by atoms with van der Waals surface area (Å²) in [4.78, 5) is 12.3. The second-order valence-corrected chi connectivity index (χ2v) is 9.32. The predicted octanol–water partition coefficient (Wildman–Crippen LogP) is 3.39. The summed E-state index contributed by atoms with van der Waals surface area (Å²) in [5.74, 6) is 0.742. The summed E-state index contributed by atoms with van der Waals surface area (Å²) in [7, 11) is -3.59. The minimum absolute atomic E-state index is 0.274. The van der Waals surface area contributed by atoms with Gasteiger partial charge in [-0.25, -0.2) is 8.42 Å². The Kier molecular flexibility index (Phi) is 7.67. The summed E-state index contributed by atoms with van der Waals surface area (Å²) >= 11 is 0. The van der Waals surface area contributed by atoms with Crippen molar-refractivity contribution in [1.82, 2.24) is 5.32 Å². The van der Waals surface area contributed by atoms with Gasteiger partial charge in [-0.3, -0.25) is 9.10 Å². The van der Waals surface area contributed by atoms with E-state index >= 15 is 0 Å². The number of nitrogens with one attached hydrogen (secondary N) is 1. The van der Waals surface area contributed by atoms with E-state index in [0.717, 1.165) is 33.0 Å². The van der Waals surface area contributed by atoms with Gasteiger partial charge in [0.1, 0.15) is 18.9 Å². The normalized spacial score (nSPS) is 11.4. The Morgan fingerprint density at radius 3 is 2.34 bits per heavy atom. The molecule has 0 aliphatic heterocycles. The molecule has 2 aromatic carbocycles. The highest BCUT2D eigenvalue weighted by Crippen LogP contribution is 2.22. The molecule has 29 heavy (non-hydrogen) atoms. The van der Waals surface area contributed by atoms with Crippen LogP contribution in [0.2, 0.25) is 0 Å². The minimum atomic E-state index is -3.59. The second kappa shape index (κ2) is 9.78. The van der Waals surface area contributed by atoms with E-state index in [9.17, 15) is 13.2 Å². The van der Waals surface area contributed by atoms with Crippen molar-refractivity contribution < 1.29 is 17.9 Å². The summed E-state index contributed by atoms with van der Waals surface area (Å²) in [5, 5.41) is 2.72. The van der Waals surface area contributed by atoms with Gasteiger partial charge in [-0.1, -0.05) is 38.1 Å². The summed E-state index contributed by atoms with van der Waals surface area (Å²) in [6, 6.07) is 13.0. The number of amides is 1. The number of hydrogen-bond donors (Lipinski definition) is 1. The van der Waals surface area contributed by atoms with Crippen molar-refractivity contribution >= 4 is 21.6 Å². The number of aryl methyl sites for hydroxylation is 1. The third kappa shape index (κ3) is 6.49. The van der Waals surface area contributed by atoms with Crippen LogP contribution in [0.3, 0.4) is 0 Å². The largest absolute Gasteiger partial charge is 0.491 e. The Balaban J connectivity index is 1.94. The molecule has 0 aliphatic carbocycles. The summed E-state index contributed by atoms with van der Waals surface area (Å²) in [6.45, 7) is 8.45. The summed E-state index contributed by atoms with van der Waals surface area (Å²) in [5.41, 5.74) is 3.78. The molecule has 0 unspecified atom stereocenters. The standard InChI is InChI=1S/C22H30N2O4S/c1-16(2)19-9-11-20(12-10-19)24(29(5,26)27)15-22(25)23-13-14-28-21-8-6-7-17(3)18(21)4/h6-12,16H,13-15H2,1-5H3,(H,23,25). The highest BCUT2D eigenvalue weighted by atomic mass is 32.2. The maximum Gasteiger partial charge on any atom is 0.240 e. The number of anilines is 1. The van der Waals surface area contributed by atoms with Gasteiger partial charge in [0.15, 0.2) is 0 Å². The van der Waals surface area contributed by atoms with Crippen LogP contribution in [0.4, 0.5) is 5.69 Å². The average molecular weight is 419 g/mol. The van der Waals surface area contributed by atoms with E-state index in [1.54, 1.807) is 12.1 Å². The second-order valence-electron chi connectivity index (χ2n) is 7.41.